The summed E-state index contributed by atoms with van der Waals surface area (Å²) in [5.41, 5.74) is 1.96. The van der Waals surface area contributed by atoms with Gasteiger partial charge in [-0.2, -0.15) is 0 Å². The topological polar surface area (TPSA) is 38.3 Å². The molecule has 4 rings (SSSR count). The molecule has 3 nitrogen and oxygen atoms in total. The van der Waals surface area contributed by atoms with Crippen molar-refractivity contribution in [1.29, 1.82) is 0 Å². The maximum absolute atomic E-state index is 12.1. The van der Waals surface area contributed by atoms with Crippen LogP contribution in [0.1, 0.15) is 58.8 Å². The molecule has 0 saturated heterocycles. The number of halogens is 2. The zero-order valence-corrected chi connectivity index (χ0v) is 20.6. The molecule has 0 aromatic heterocycles. The summed E-state index contributed by atoms with van der Waals surface area (Å²) in [5, 5.41) is 3.08. The van der Waals surface area contributed by atoms with Crippen molar-refractivity contribution in [1.82, 2.24) is 5.32 Å². The van der Waals surface area contributed by atoms with Crippen molar-refractivity contribution in [3.8, 4) is 0 Å². The van der Waals surface area contributed by atoms with Gasteiger partial charge in [0.25, 0.3) is 0 Å². The Morgan fingerprint density at radius 3 is 2.81 bits per heavy atom. The monoisotopic (exact) mass is 584 g/mol. The van der Waals surface area contributed by atoms with Crippen molar-refractivity contribution >= 4 is 28.5 Å². The third-order valence-electron chi connectivity index (χ3n) is 8.38. The van der Waals surface area contributed by atoms with Gasteiger partial charge in [-0.1, -0.05) is 0 Å². The van der Waals surface area contributed by atoms with Gasteiger partial charge in [-0.3, -0.25) is 0 Å². The predicted octanol–water partition coefficient (Wildman–Crippen LogP) is 1.29. The number of ether oxygens (including phenoxy) is 1. The summed E-state index contributed by atoms with van der Waals surface area (Å²) in [6.45, 7) is 5.83. The van der Waals surface area contributed by atoms with E-state index in [0.29, 0.717) is 14.9 Å². The van der Waals surface area contributed by atoms with Gasteiger partial charge in [0.1, 0.15) is 0 Å². The van der Waals surface area contributed by atoms with Crippen LogP contribution < -0.4 is 26.5 Å². The molecule has 0 bridgehead atoms. The Balaban J connectivity index is 1.65. The average Bonchev–Trinajstić information content (AvgIpc) is 2.76. The minimum atomic E-state index is 0.129. The summed E-state index contributed by atoms with van der Waals surface area (Å²) < 4.78 is 7.79. The number of hydrogen-bond acceptors (Lipinski definition) is 2. The van der Waals surface area contributed by atoms with E-state index in [0.717, 1.165) is 35.8 Å². The van der Waals surface area contributed by atoms with E-state index in [-0.39, 0.29) is 32.5 Å². The average molecular weight is 584 g/mol. The zero-order chi connectivity index (χ0) is 18.6. The van der Waals surface area contributed by atoms with E-state index >= 15 is 0 Å². The summed E-state index contributed by atoms with van der Waals surface area (Å²) in [6, 6.07) is 0. The Morgan fingerprint density at radius 2 is 2.04 bits per heavy atom. The Kier molecular flexibility index (Phi) is 5.48. The molecule has 1 heterocycles. The van der Waals surface area contributed by atoms with Crippen molar-refractivity contribution < 1.29 is 30.7 Å². The fourth-order valence-corrected chi connectivity index (χ4v) is 9.30. The number of rotatable bonds is 3. The molecule has 26 heavy (non-hydrogen) atoms. The van der Waals surface area contributed by atoms with Crippen molar-refractivity contribution in [2.45, 2.75) is 68.3 Å². The molecule has 0 unspecified atom stereocenters. The van der Waals surface area contributed by atoms with Gasteiger partial charge in [-0.15, -0.1) is 0 Å². The van der Waals surface area contributed by atoms with Crippen LogP contribution in [0.2, 0.25) is 0 Å². The van der Waals surface area contributed by atoms with Crippen LogP contribution >= 0.6 is 22.6 Å². The Morgan fingerprint density at radius 1 is 1.23 bits per heavy atom. The first-order valence-electron chi connectivity index (χ1n) is 10.1. The Labute approximate surface area is 182 Å². The number of alkyl halides is 3. The molecule has 3 saturated carbocycles. The summed E-state index contributed by atoms with van der Waals surface area (Å²) >= 11 is 3.08. The van der Waals surface area contributed by atoms with Gasteiger partial charge in [-0.25, -0.2) is 0 Å². The summed E-state index contributed by atoms with van der Waals surface area (Å²) in [7, 11) is 0. The third kappa shape index (κ3) is 2.84. The van der Waals surface area contributed by atoms with Crippen LogP contribution in [-0.4, -0.2) is 31.5 Å². The molecule has 0 radical (unpaired) electrons. The molecular formula is C21H32I2NO2-. The van der Waals surface area contributed by atoms with Crippen LogP contribution in [0.4, 0.5) is 0 Å². The van der Waals surface area contributed by atoms with Gasteiger partial charge < -0.3 is 0 Å². The SMILES string of the molecule is C[I-]CO[C@H]1CC[C@@]2(I)[C@@H]3CCC4=CC(=O)NCC[C@]4(C)[C@H]3CC[C@]12C. The van der Waals surface area contributed by atoms with Crippen LogP contribution in [-0.2, 0) is 9.53 Å². The summed E-state index contributed by atoms with van der Waals surface area (Å²) in [4.78, 5) is 14.4. The molecule has 3 fully saturated rings. The molecule has 1 aliphatic heterocycles. The van der Waals surface area contributed by atoms with Gasteiger partial charge in [0.15, 0.2) is 0 Å². The van der Waals surface area contributed by atoms with Crippen molar-refractivity contribution in [2.75, 3.05) is 16.1 Å². The van der Waals surface area contributed by atoms with E-state index in [1.54, 1.807) is 0 Å². The van der Waals surface area contributed by atoms with Crippen molar-refractivity contribution in [3.63, 3.8) is 0 Å². The molecule has 148 valence electrons. The molecule has 0 aromatic carbocycles. The van der Waals surface area contributed by atoms with Crippen LogP contribution in [0.15, 0.2) is 11.6 Å². The van der Waals surface area contributed by atoms with E-state index in [9.17, 15) is 4.79 Å². The standard InChI is InChI=1S/C21H32I2NO2/c1-19-10-11-24-18(25)12-14(19)4-5-16-15(19)6-8-20(2)17(26-13-23-3)7-9-21(16,20)22/h12,15-17H,4-11,13H2,1-3H3,(H,24,25)/q-1/t15-,16+,17-,19-,20+,21+/m0/s1. The number of carbonyl (C=O) groups is 1. The quantitative estimate of drug-likeness (QED) is 0.402. The number of allylic oxidation sites excluding steroid dienone is 1. The van der Waals surface area contributed by atoms with Gasteiger partial charge in [0, 0.05) is 0 Å². The first-order chi connectivity index (χ1) is 12.3. The molecule has 3 aliphatic carbocycles. The summed E-state index contributed by atoms with van der Waals surface area (Å²) in [6.07, 6.45) is 11.0. The van der Waals surface area contributed by atoms with Gasteiger partial charge >= 0.3 is 183 Å². The molecular weight excluding hydrogens is 552 g/mol. The molecule has 1 amide bonds. The van der Waals surface area contributed by atoms with E-state index in [4.69, 9.17) is 4.74 Å². The van der Waals surface area contributed by atoms with Crippen LogP contribution in [0.5, 0.6) is 0 Å². The normalized spacial score (nSPS) is 48.1. The fraction of sp³-hybridized carbons (Fsp3) is 0.857. The second-order valence-electron chi connectivity index (χ2n) is 9.27. The van der Waals surface area contributed by atoms with Crippen molar-refractivity contribution in [3.05, 3.63) is 11.6 Å². The molecule has 1 N–H and O–H groups in total. The Hall–Kier alpha value is 0.630. The summed E-state index contributed by atoms with van der Waals surface area (Å²) in [5.74, 6) is 1.61. The predicted molar refractivity (Wildman–Crippen MR) is 109 cm³/mol. The van der Waals surface area contributed by atoms with Gasteiger partial charge in [0.2, 0.25) is 0 Å². The van der Waals surface area contributed by atoms with Gasteiger partial charge in [-0.05, 0) is 0 Å². The zero-order valence-electron chi connectivity index (χ0n) is 16.2. The van der Waals surface area contributed by atoms with E-state index in [2.05, 4.69) is 46.7 Å². The van der Waals surface area contributed by atoms with Crippen LogP contribution in [0, 0.1) is 22.7 Å². The fourth-order valence-electron chi connectivity index (χ4n) is 6.84. The third-order valence-corrected chi connectivity index (χ3v) is 11.9. The number of amides is 1. The van der Waals surface area contributed by atoms with E-state index < -0.39 is 0 Å². The maximum atomic E-state index is 12.1. The molecule has 0 aromatic rings. The minimum absolute atomic E-state index is 0.129. The Bertz CT molecular complexity index is 623. The molecule has 0 spiro atoms. The molecule has 5 heteroatoms. The molecule has 4 aliphatic rings. The second kappa shape index (κ2) is 7.15. The molecule has 6 atom stereocenters. The first-order valence-corrected chi connectivity index (χ1v) is 14.8. The number of fused-ring (bicyclic) bond motifs is 5. The van der Waals surface area contributed by atoms with E-state index in [1.165, 1.54) is 37.7 Å². The number of nitrogens with one attached hydrogen (secondary N) is 1. The second-order valence-corrected chi connectivity index (χ2v) is 13.3. The van der Waals surface area contributed by atoms with Crippen LogP contribution in [0.25, 0.3) is 0 Å². The van der Waals surface area contributed by atoms with E-state index in [1.807, 2.05) is 6.08 Å². The first kappa shape index (κ1) is 19.9. The van der Waals surface area contributed by atoms with Crippen LogP contribution in [0.3, 0.4) is 0 Å². The van der Waals surface area contributed by atoms with Gasteiger partial charge in [0.05, 0.1) is 0 Å². The number of carbonyl (C=O) groups excluding carboxylic acids is 1. The van der Waals surface area contributed by atoms with Crippen molar-refractivity contribution in [2.24, 2.45) is 22.7 Å². The number of hydrogen-bond donors (Lipinski definition) is 1.